The van der Waals surface area contributed by atoms with Crippen LogP contribution in [-0.2, 0) is 35.1 Å². The number of hydrogen-bond donors (Lipinski definition) is 0. The van der Waals surface area contributed by atoms with Gasteiger partial charge in [-0.15, -0.1) is 0 Å². The van der Waals surface area contributed by atoms with Gasteiger partial charge in [-0.1, -0.05) is 36.9 Å². The van der Waals surface area contributed by atoms with E-state index in [9.17, 15) is 4.79 Å². The summed E-state index contributed by atoms with van der Waals surface area (Å²) in [6.07, 6.45) is -1.74. The van der Waals surface area contributed by atoms with Gasteiger partial charge in [-0.3, -0.25) is 0 Å². The first-order chi connectivity index (χ1) is 11.9. The van der Waals surface area contributed by atoms with Gasteiger partial charge in [-0.25, -0.2) is 4.79 Å². The highest BCUT2D eigenvalue weighted by Gasteiger charge is 2.58. The average molecular weight is 346 g/mol. The van der Waals surface area contributed by atoms with Crippen LogP contribution in [-0.4, -0.2) is 42.5 Å². The van der Waals surface area contributed by atoms with Crippen LogP contribution in [0, 0.1) is 0 Å². The van der Waals surface area contributed by atoms with Crippen molar-refractivity contribution in [3.05, 3.63) is 48.0 Å². The second kappa shape index (κ2) is 6.21. The molecule has 0 aromatic heterocycles. The minimum atomic E-state index is -0.732. The Hall–Kier alpha value is -1.73. The van der Waals surface area contributed by atoms with Crippen LogP contribution in [0.4, 0.5) is 0 Å². The van der Waals surface area contributed by atoms with Crippen LogP contribution in [0.2, 0.25) is 0 Å². The molecule has 0 aliphatic carbocycles. The first kappa shape index (κ1) is 16.7. The Labute approximate surface area is 146 Å². The number of rotatable bonds is 4. The normalized spacial score (nSPS) is 36.5. The Morgan fingerprint density at radius 2 is 1.96 bits per heavy atom. The second-order valence-corrected chi connectivity index (χ2v) is 7.08. The van der Waals surface area contributed by atoms with E-state index in [0.717, 1.165) is 5.56 Å². The van der Waals surface area contributed by atoms with E-state index >= 15 is 0 Å². The van der Waals surface area contributed by atoms with Gasteiger partial charge in [-0.05, 0) is 19.4 Å². The predicted octanol–water partition coefficient (Wildman–Crippen LogP) is 2.32. The number of carbonyl (C=O) groups is 1. The number of fused-ring (bicyclic) bond motifs is 1. The molecule has 0 spiro atoms. The van der Waals surface area contributed by atoms with Crippen molar-refractivity contribution in [1.82, 2.24) is 0 Å². The summed E-state index contributed by atoms with van der Waals surface area (Å²) in [5.41, 5.74) is 1.50. The molecule has 25 heavy (non-hydrogen) atoms. The monoisotopic (exact) mass is 346 g/mol. The van der Waals surface area contributed by atoms with Crippen molar-refractivity contribution in [3.63, 3.8) is 0 Å². The lowest BCUT2D eigenvalue weighted by molar-refractivity contribution is -0.230. The molecular weight excluding hydrogens is 324 g/mol. The fourth-order valence-corrected chi connectivity index (χ4v) is 3.53. The topological polar surface area (TPSA) is 63.2 Å². The smallest absolute Gasteiger partial charge is 0.333 e. The van der Waals surface area contributed by atoms with Gasteiger partial charge in [0.1, 0.15) is 24.4 Å². The first-order valence-electron chi connectivity index (χ1n) is 8.48. The molecular formula is C19H22O6. The molecule has 3 aliphatic heterocycles. The maximum atomic E-state index is 11.7. The van der Waals surface area contributed by atoms with E-state index in [4.69, 9.17) is 23.7 Å². The van der Waals surface area contributed by atoms with E-state index in [0.29, 0.717) is 18.6 Å². The molecule has 6 heteroatoms. The molecule has 0 saturated carbocycles. The summed E-state index contributed by atoms with van der Waals surface area (Å²) in [7, 11) is 0. The Bertz CT molecular complexity index is 654. The Kier molecular flexibility index (Phi) is 4.16. The van der Waals surface area contributed by atoms with Crippen molar-refractivity contribution < 1.29 is 28.5 Å². The molecule has 3 fully saturated rings. The lowest BCUT2D eigenvalue weighted by Gasteiger charge is -2.28. The van der Waals surface area contributed by atoms with Crippen LogP contribution in [0.3, 0.4) is 0 Å². The lowest BCUT2D eigenvalue weighted by atomic mass is 10.0. The molecule has 3 saturated heterocycles. The quantitative estimate of drug-likeness (QED) is 0.616. The van der Waals surface area contributed by atoms with Crippen LogP contribution in [0.1, 0.15) is 25.8 Å². The number of benzene rings is 1. The zero-order valence-electron chi connectivity index (χ0n) is 14.3. The summed E-state index contributed by atoms with van der Waals surface area (Å²) in [6.45, 7) is 7.84. The molecule has 0 amide bonds. The van der Waals surface area contributed by atoms with Gasteiger partial charge < -0.3 is 23.7 Å². The SMILES string of the molecule is C=C1C[C@@H]([C@@H]2O[C@@H]3OC(C)(C)O[C@H]3[C@H]2OCc2ccccc2)OC1=O. The molecule has 1 aromatic rings. The van der Waals surface area contributed by atoms with Crippen LogP contribution in [0.5, 0.6) is 0 Å². The fraction of sp³-hybridized carbons (Fsp3) is 0.526. The zero-order chi connectivity index (χ0) is 17.6. The molecule has 134 valence electrons. The van der Waals surface area contributed by atoms with E-state index in [1.807, 2.05) is 44.2 Å². The van der Waals surface area contributed by atoms with Gasteiger partial charge in [0, 0.05) is 12.0 Å². The zero-order valence-corrected chi connectivity index (χ0v) is 14.3. The van der Waals surface area contributed by atoms with Gasteiger partial charge in [0.05, 0.1) is 6.61 Å². The summed E-state index contributed by atoms with van der Waals surface area (Å²) < 4.78 is 29.3. The van der Waals surface area contributed by atoms with Crippen LogP contribution >= 0.6 is 0 Å². The molecule has 1 aromatic carbocycles. The Balaban J connectivity index is 1.51. The van der Waals surface area contributed by atoms with Gasteiger partial charge in [0.25, 0.3) is 0 Å². The van der Waals surface area contributed by atoms with Crippen molar-refractivity contribution >= 4 is 5.97 Å². The minimum Gasteiger partial charge on any atom is -0.456 e. The lowest BCUT2D eigenvalue weighted by Crippen LogP contribution is -2.42. The van der Waals surface area contributed by atoms with E-state index in [2.05, 4.69) is 6.58 Å². The van der Waals surface area contributed by atoms with Gasteiger partial charge in [-0.2, -0.15) is 0 Å². The number of cyclic esters (lactones) is 1. The minimum absolute atomic E-state index is 0.365. The summed E-state index contributed by atoms with van der Waals surface area (Å²) in [6, 6.07) is 9.88. The summed E-state index contributed by atoms with van der Waals surface area (Å²) in [5, 5.41) is 0. The van der Waals surface area contributed by atoms with Crippen molar-refractivity contribution in [2.24, 2.45) is 0 Å². The van der Waals surface area contributed by atoms with E-state index in [1.165, 1.54) is 0 Å². The number of carbonyl (C=O) groups excluding carboxylic acids is 1. The summed E-state index contributed by atoms with van der Waals surface area (Å²) >= 11 is 0. The Morgan fingerprint density at radius 3 is 2.64 bits per heavy atom. The molecule has 3 aliphatic rings. The second-order valence-electron chi connectivity index (χ2n) is 7.08. The molecule has 3 heterocycles. The van der Waals surface area contributed by atoms with Crippen molar-refractivity contribution in [1.29, 1.82) is 0 Å². The van der Waals surface area contributed by atoms with Gasteiger partial charge >= 0.3 is 5.97 Å². The largest absolute Gasteiger partial charge is 0.456 e. The molecule has 0 N–H and O–H groups in total. The highest BCUT2D eigenvalue weighted by Crippen LogP contribution is 2.42. The van der Waals surface area contributed by atoms with E-state index in [-0.39, 0.29) is 12.1 Å². The standard InChI is InChI=1S/C19H22O6/c1-11-9-13(22-17(11)20)14-15(21-10-12-7-5-4-6-8-12)16-18(23-14)25-19(2,3)24-16/h4-8,13-16,18H,1,9-10H2,2-3H3/t13-,14-,15-,16-,18+/m0/s1. The third-order valence-corrected chi connectivity index (χ3v) is 4.67. The first-order valence-corrected chi connectivity index (χ1v) is 8.48. The number of esters is 1. The van der Waals surface area contributed by atoms with E-state index < -0.39 is 30.4 Å². The number of hydrogen-bond acceptors (Lipinski definition) is 6. The highest BCUT2D eigenvalue weighted by molar-refractivity contribution is 5.90. The third-order valence-electron chi connectivity index (χ3n) is 4.67. The highest BCUT2D eigenvalue weighted by atomic mass is 16.8. The van der Waals surface area contributed by atoms with Crippen molar-refractivity contribution in [3.8, 4) is 0 Å². The maximum absolute atomic E-state index is 11.7. The molecule has 5 atom stereocenters. The number of ether oxygens (including phenoxy) is 5. The maximum Gasteiger partial charge on any atom is 0.333 e. The molecule has 4 rings (SSSR count). The predicted molar refractivity (Wildman–Crippen MR) is 87.4 cm³/mol. The van der Waals surface area contributed by atoms with Gasteiger partial charge in [0.15, 0.2) is 12.1 Å². The van der Waals surface area contributed by atoms with Crippen molar-refractivity contribution in [2.75, 3.05) is 0 Å². The van der Waals surface area contributed by atoms with Crippen LogP contribution in [0.15, 0.2) is 42.5 Å². The van der Waals surface area contributed by atoms with E-state index in [1.54, 1.807) is 0 Å². The van der Waals surface area contributed by atoms with Crippen molar-refractivity contribution in [2.45, 2.75) is 63.4 Å². The third kappa shape index (κ3) is 3.22. The molecule has 0 radical (unpaired) electrons. The summed E-state index contributed by atoms with van der Waals surface area (Å²) in [5.74, 6) is -1.11. The Morgan fingerprint density at radius 1 is 1.20 bits per heavy atom. The summed E-state index contributed by atoms with van der Waals surface area (Å²) in [4.78, 5) is 11.7. The van der Waals surface area contributed by atoms with Crippen LogP contribution in [0.25, 0.3) is 0 Å². The van der Waals surface area contributed by atoms with Crippen LogP contribution < -0.4 is 0 Å². The average Bonchev–Trinajstić information content (AvgIpc) is 3.16. The molecule has 0 unspecified atom stereocenters. The fourth-order valence-electron chi connectivity index (χ4n) is 3.53. The molecule has 6 nitrogen and oxygen atoms in total. The van der Waals surface area contributed by atoms with Gasteiger partial charge in [0.2, 0.25) is 0 Å². The molecule has 0 bridgehead atoms.